The average Bonchev–Trinajstić information content (AvgIpc) is 3.18. The van der Waals surface area contributed by atoms with Gasteiger partial charge in [0.15, 0.2) is 10.9 Å². The molecule has 9 heteroatoms. The van der Waals surface area contributed by atoms with Crippen molar-refractivity contribution < 1.29 is 8.42 Å². The fourth-order valence-electron chi connectivity index (χ4n) is 2.23. The van der Waals surface area contributed by atoms with Gasteiger partial charge in [-0.1, -0.05) is 6.92 Å². The van der Waals surface area contributed by atoms with Crippen molar-refractivity contribution in [2.24, 2.45) is 0 Å². The maximum atomic E-state index is 12.4. The standard InChI is InChI=1S/C15H18N6O2S/c1-3-8-21-9-14(16-10-21)24(22,23)20-13-6-4-12(5-7-13)15-17-11(2)18-19-15/h4-7,9-10,20H,3,8H2,1-2H3,(H,17,18,19). The van der Waals surface area contributed by atoms with Gasteiger partial charge in [-0.05, 0) is 37.6 Å². The van der Waals surface area contributed by atoms with Gasteiger partial charge in [0.25, 0.3) is 10.0 Å². The third kappa shape index (κ3) is 3.46. The molecule has 24 heavy (non-hydrogen) atoms. The third-order valence-corrected chi connectivity index (χ3v) is 4.63. The van der Waals surface area contributed by atoms with Crippen LogP contribution in [0.5, 0.6) is 0 Å². The molecular formula is C15H18N6O2S. The molecule has 0 radical (unpaired) electrons. The quantitative estimate of drug-likeness (QED) is 0.712. The van der Waals surface area contributed by atoms with Crippen molar-refractivity contribution in [1.82, 2.24) is 24.7 Å². The minimum atomic E-state index is -3.70. The number of aryl methyl sites for hydroxylation is 2. The first kappa shape index (κ1) is 16.2. The lowest BCUT2D eigenvalue weighted by atomic mass is 10.2. The number of sulfonamides is 1. The van der Waals surface area contributed by atoms with Crippen molar-refractivity contribution in [1.29, 1.82) is 0 Å². The summed E-state index contributed by atoms with van der Waals surface area (Å²) in [7, 11) is -3.70. The van der Waals surface area contributed by atoms with Gasteiger partial charge < -0.3 is 4.57 Å². The topological polar surface area (TPSA) is 106 Å². The molecule has 0 amide bonds. The number of nitrogens with zero attached hydrogens (tertiary/aromatic N) is 4. The van der Waals surface area contributed by atoms with Gasteiger partial charge in [0, 0.05) is 24.0 Å². The monoisotopic (exact) mass is 346 g/mol. The van der Waals surface area contributed by atoms with Crippen molar-refractivity contribution in [2.75, 3.05) is 4.72 Å². The molecule has 0 aliphatic heterocycles. The predicted molar refractivity (Wildman–Crippen MR) is 89.9 cm³/mol. The van der Waals surface area contributed by atoms with Gasteiger partial charge in [-0.25, -0.2) is 9.97 Å². The van der Waals surface area contributed by atoms with Crippen LogP contribution >= 0.6 is 0 Å². The number of benzene rings is 1. The fraction of sp³-hybridized carbons (Fsp3) is 0.267. The molecule has 0 spiro atoms. The van der Waals surface area contributed by atoms with Crippen LogP contribution in [0.3, 0.4) is 0 Å². The van der Waals surface area contributed by atoms with Gasteiger partial charge in [0.1, 0.15) is 5.82 Å². The first-order chi connectivity index (χ1) is 11.5. The SMILES string of the molecule is CCCn1cnc(S(=O)(=O)Nc2ccc(-c3n[nH]c(C)n3)cc2)c1. The number of H-pyrrole nitrogens is 1. The van der Waals surface area contributed by atoms with E-state index in [0.29, 0.717) is 11.5 Å². The molecule has 2 heterocycles. The van der Waals surface area contributed by atoms with Crippen molar-refractivity contribution in [3.05, 3.63) is 42.6 Å². The van der Waals surface area contributed by atoms with Gasteiger partial charge in [-0.3, -0.25) is 9.82 Å². The molecule has 0 fully saturated rings. The highest BCUT2D eigenvalue weighted by Gasteiger charge is 2.17. The molecule has 0 aliphatic rings. The number of anilines is 1. The second-order valence-electron chi connectivity index (χ2n) is 5.38. The fourth-order valence-corrected chi connectivity index (χ4v) is 3.24. The highest BCUT2D eigenvalue weighted by molar-refractivity contribution is 7.92. The van der Waals surface area contributed by atoms with Gasteiger partial charge in [0.05, 0.1) is 6.33 Å². The van der Waals surface area contributed by atoms with E-state index in [1.165, 1.54) is 12.5 Å². The Labute approximate surface area is 140 Å². The number of rotatable bonds is 6. The van der Waals surface area contributed by atoms with Gasteiger partial charge >= 0.3 is 0 Å². The second-order valence-corrected chi connectivity index (χ2v) is 7.01. The largest absolute Gasteiger partial charge is 0.336 e. The Bertz CT molecular complexity index is 927. The Kier molecular flexibility index (Phi) is 4.34. The van der Waals surface area contributed by atoms with Crippen LogP contribution in [-0.2, 0) is 16.6 Å². The van der Waals surface area contributed by atoms with Gasteiger partial charge in [-0.2, -0.15) is 13.5 Å². The van der Waals surface area contributed by atoms with E-state index in [0.717, 1.165) is 24.4 Å². The number of nitrogens with one attached hydrogen (secondary N) is 2. The maximum absolute atomic E-state index is 12.4. The minimum Gasteiger partial charge on any atom is -0.336 e. The molecule has 0 saturated carbocycles. The highest BCUT2D eigenvalue weighted by atomic mass is 32.2. The summed E-state index contributed by atoms with van der Waals surface area (Å²) < 4.78 is 29.0. The van der Waals surface area contributed by atoms with E-state index in [1.807, 2.05) is 13.8 Å². The van der Waals surface area contributed by atoms with Crippen LogP contribution in [0.4, 0.5) is 5.69 Å². The normalized spacial score (nSPS) is 11.6. The Morgan fingerprint density at radius 2 is 2.00 bits per heavy atom. The molecule has 0 unspecified atom stereocenters. The lowest BCUT2D eigenvalue weighted by Gasteiger charge is -2.06. The molecule has 0 atom stereocenters. The summed E-state index contributed by atoms with van der Waals surface area (Å²) in [5.41, 5.74) is 1.26. The summed E-state index contributed by atoms with van der Waals surface area (Å²) in [6, 6.07) is 6.86. The van der Waals surface area contributed by atoms with E-state index in [4.69, 9.17) is 0 Å². The second kappa shape index (κ2) is 6.44. The number of imidazole rings is 1. The predicted octanol–water partition coefficient (Wildman–Crippen LogP) is 2.19. The third-order valence-electron chi connectivity index (χ3n) is 3.36. The number of hydrogen-bond donors (Lipinski definition) is 2. The van der Waals surface area contributed by atoms with Crippen molar-refractivity contribution in [3.8, 4) is 11.4 Å². The molecule has 3 aromatic rings. The van der Waals surface area contributed by atoms with Crippen LogP contribution in [0.2, 0.25) is 0 Å². The molecular weight excluding hydrogens is 328 g/mol. The van der Waals surface area contributed by atoms with Crippen LogP contribution in [0.25, 0.3) is 11.4 Å². The first-order valence-electron chi connectivity index (χ1n) is 7.52. The van der Waals surface area contributed by atoms with E-state index in [1.54, 1.807) is 28.8 Å². The zero-order chi connectivity index (χ0) is 17.2. The number of aromatic amines is 1. The van der Waals surface area contributed by atoms with E-state index in [9.17, 15) is 8.42 Å². The molecule has 0 aliphatic carbocycles. The number of hydrogen-bond acceptors (Lipinski definition) is 5. The minimum absolute atomic E-state index is 0.00428. The van der Waals surface area contributed by atoms with Crippen LogP contribution in [0.15, 0.2) is 41.8 Å². The Hall–Kier alpha value is -2.68. The Morgan fingerprint density at radius 1 is 1.25 bits per heavy atom. The van der Waals surface area contributed by atoms with Gasteiger partial charge in [0.2, 0.25) is 0 Å². The average molecular weight is 346 g/mol. The summed E-state index contributed by atoms with van der Waals surface area (Å²) in [5, 5.41) is 6.85. The lowest BCUT2D eigenvalue weighted by molar-refractivity contribution is 0.597. The van der Waals surface area contributed by atoms with Crippen LogP contribution in [0, 0.1) is 6.92 Å². The van der Waals surface area contributed by atoms with Gasteiger partial charge in [-0.15, -0.1) is 0 Å². The van der Waals surface area contributed by atoms with Crippen LogP contribution in [-0.4, -0.2) is 33.2 Å². The lowest BCUT2D eigenvalue weighted by Crippen LogP contribution is -2.13. The molecule has 2 aromatic heterocycles. The van der Waals surface area contributed by atoms with E-state index < -0.39 is 10.0 Å². The van der Waals surface area contributed by atoms with E-state index in [2.05, 4.69) is 24.9 Å². The van der Waals surface area contributed by atoms with Crippen molar-refractivity contribution in [3.63, 3.8) is 0 Å². The Balaban J connectivity index is 1.77. The molecule has 1 aromatic carbocycles. The van der Waals surface area contributed by atoms with E-state index >= 15 is 0 Å². The molecule has 126 valence electrons. The zero-order valence-electron chi connectivity index (χ0n) is 13.4. The zero-order valence-corrected chi connectivity index (χ0v) is 14.2. The van der Waals surface area contributed by atoms with Crippen molar-refractivity contribution >= 4 is 15.7 Å². The molecule has 0 bridgehead atoms. The number of aromatic nitrogens is 5. The smallest absolute Gasteiger partial charge is 0.280 e. The van der Waals surface area contributed by atoms with Crippen LogP contribution in [0.1, 0.15) is 19.2 Å². The molecule has 8 nitrogen and oxygen atoms in total. The van der Waals surface area contributed by atoms with E-state index in [-0.39, 0.29) is 5.03 Å². The molecule has 3 rings (SSSR count). The van der Waals surface area contributed by atoms with Crippen molar-refractivity contribution in [2.45, 2.75) is 31.8 Å². The summed E-state index contributed by atoms with van der Waals surface area (Å²) >= 11 is 0. The summed E-state index contributed by atoms with van der Waals surface area (Å²) in [5.74, 6) is 1.29. The first-order valence-corrected chi connectivity index (χ1v) is 9.00. The molecule has 2 N–H and O–H groups in total. The molecule has 0 saturated heterocycles. The summed E-state index contributed by atoms with van der Waals surface area (Å²) in [4.78, 5) is 8.19. The summed E-state index contributed by atoms with van der Waals surface area (Å²) in [6.45, 7) is 4.56. The maximum Gasteiger partial charge on any atom is 0.280 e. The summed E-state index contributed by atoms with van der Waals surface area (Å²) in [6.07, 6.45) is 3.95. The van der Waals surface area contributed by atoms with Crippen LogP contribution < -0.4 is 4.72 Å². The Morgan fingerprint density at radius 3 is 2.62 bits per heavy atom. The highest BCUT2D eigenvalue weighted by Crippen LogP contribution is 2.20.